The summed E-state index contributed by atoms with van der Waals surface area (Å²) in [5.74, 6) is -0.342. The standard InChI is InChI=1S/C13H13N3S2/c1-9-8-18-13(16-9)11(6-14)7-15-10(2)12-4-3-5-17-12/h3-5,7-8,10-11H,1-2H3/t10-,11+/m0/s1. The van der Waals surface area contributed by atoms with E-state index in [9.17, 15) is 0 Å². The number of nitriles is 1. The van der Waals surface area contributed by atoms with Gasteiger partial charge in [-0.3, -0.25) is 4.99 Å². The number of aliphatic imine (C=N–C) groups is 1. The Morgan fingerprint density at radius 3 is 2.89 bits per heavy atom. The highest BCUT2D eigenvalue weighted by atomic mass is 32.1. The third kappa shape index (κ3) is 3.03. The summed E-state index contributed by atoms with van der Waals surface area (Å²) in [5, 5.41) is 14.0. The molecule has 0 fully saturated rings. The van der Waals surface area contributed by atoms with Crippen molar-refractivity contribution in [3.8, 4) is 6.07 Å². The molecule has 2 atom stereocenters. The molecule has 0 aliphatic rings. The molecule has 0 saturated heterocycles. The number of aryl methyl sites for hydroxylation is 1. The lowest BCUT2D eigenvalue weighted by atomic mass is 10.2. The second-order valence-corrected chi connectivity index (χ2v) is 5.79. The highest BCUT2D eigenvalue weighted by Crippen LogP contribution is 2.23. The molecule has 0 bridgehead atoms. The van der Waals surface area contributed by atoms with Crippen LogP contribution in [0.3, 0.4) is 0 Å². The normalized spacial score (nSPS) is 14.5. The van der Waals surface area contributed by atoms with Gasteiger partial charge in [0.2, 0.25) is 0 Å². The lowest BCUT2D eigenvalue weighted by molar-refractivity contribution is 0.838. The summed E-state index contributed by atoms with van der Waals surface area (Å²) >= 11 is 3.19. The van der Waals surface area contributed by atoms with Crippen molar-refractivity contribution in [2.75, 3.05) is 0 Å². The minimum absolute atomic E-state index is 0.0990. The summed E-state index contributed by atoms with van der Waals surface area (Å²) in [6.07, 6.45) is 1.71. The van der Waals surface area contributed by atoms with Gasteiger partial charge in [0, 0.05) is 22.2 Å². The largest absolute Gasteiger partial charge is 0.287 e. The van der Waals surface area contributed by atoms with Crippen molar-refractivity contribution in [3.05, 3.63) is 38.5 Å². The first-order valence-corrected chi connectivity index (χ1v) is 7.35. The van der Waals surface area contributed by atoms with Crippen molar-refractivity contribution >= 4 is 28.9 Å². The Hall–Kier alpha value is -1.51. The van der Waals surface area contributed by atoms with E-state index >= 15 is 0 Å². The van der Waals surface area contributed by atoms with Gasteiger partial charge in [-0.05, 0) is 25.3 Å². The highest BCUT2D eigenvalue weighted by molar-refractivity contribution is 7.10. The first-order chi connectivity index (χ1) is 8.70. The van der Waals surface area contributed by atoms with E-state index in [2.05, 4.69) is 22.1 Å². The van der Waals surface area contributed by atoms with Crippen LogP contribution in [0.1, 0.15) is 34.5 Å². The van der Waals surface area contributed by atoms with Crippen molar-refractivity contribution in [3.63, 3.8) is 0 Å². The first-order valence-electron chi connectivity index (χ1n) is 5.59. The van der Waals surface area contributed by atoms with Crippen LogP contribution >= 0.6 is 22.7 Å². The molecule has 2 rings (SSSR count). The third-order valence-electron chi connectivity index (χ3n) is 2.46. The number of hydrogen-bond acceptors (Lipinski definition) is 5. The van der Waals surface area contributed by atoms with E-state index in [1.807, 2.05) is 30.7 Å². The van der Waals surface area contributed by atoms with E-state index in [1.54, 1.807) is 17.6 Å². The Balaban J connectivity index is 2.09. The van der Waals surface area contributed by atoms with Crippen molar-refractivity contribution in [2.45, 2.75) is 25.8 Å². The molecule has 92 valence electrons. The lowest BCUT2D eigenvalue weighted by Gasteiger charge is -2.03. The maximum atomic E-state index is 9.16. The number of hydrogen-bond donors (Lipinski definition) is 0. The van der Waals surface area contributed by atoms with E-state index in [4.69, 9.17) is 5.26 Å². The molecule has 2 aromatic rings. The van der Waals surface area contributed by atoms with Crippen LogP contribution in [0.2, 0.25) is 0 Å². The molecule has 2 aromatic heterocycles. The maximum Gasteiger partial charge on any atom is 0.133 e. The van der Waals surface area contributed by atoms with Crippen LogP contribution < -0.4 is 0 Å². The van der Waals surface area contributed by atoms with E-state index in [0.29, 0.717) is 0 Å². The number of rotatable bonds is 4. The fraction of sp³-hybridized carbons (Fsp3) is 0.308. The van der Waals surface area contributed by atoms with Gasteiger partial charge in [0.15, 0.2) is 0 Å². The zero-order valence-corrected chi connectivity index (χ0v) is 11.8. The van der Waals surface area contributed by atoms with Gasteiger partial charge in [0.05, 0.1) is 12.1 Å². The summed E-state index contributed by atoms with van der Waals surface area (Å²) in [6.45, 7) is 3.96. The van der Waals surface area contributed by atoms with E-state index < -0.39 is 0 Å². The van der Waals surface area contributed by atoms with Gasteiger partial charge < -0.3 is 0 Å². The van der Waals surface area contributed by atoms with Gasteiger partial charge in [-0.1, -0.05) is 6.07 Å². The smallest absolute Gasteiger partial charge is 0.133 e. The van der Waals surface area contributed by atoms with Gasteiger partial charge in [-0.25, -0.2) is 4.98 Å². The van der Waals surface area contributed by atoms with Crippen LogP contribution in [0.5, 0.6) is 0 Å². The predicted molar refractivity (Wildman–Crippen MR) is 76.4 cm³/mol. The molecule has 0 aromatic carbocycles. The monoisotopic (exact) mass is 275 g/mol. The first kappa shape index (κ1) is 12.9. The fourth-order valence-corrected chi connectivity index (χ4v) is 3.02. The second kappa shape index (κ2) is 5.89. The van der Waals surface area contributed by atoms with Crippen LogP contribution in [-0.4, -0.2) is 11.2 Å². The highest BCUT2D eigenvalue weighted by Gasteiger charge is 2.12. The van der Waals surface area contributed by atoms with Crippen LogP contribution in [0.25, 0.3) is 0 Å². The molecule has 3 nitrogen and oxygen atoms in total. The van der Waals surface area contributed by atoms with E-state index in [1.165, 1.54) is 16.2 Å². The summed E-state index contributed by atoms with van der Waals surface area (Å²) in [4.78, 5) is 9.99. The quantitative estimate of drug-likeness (QED) is 0.793. The molecule has 0 unspecified atom stereocenters. The summed E-state index contributed by atoms with van der Waals surface area (Å²) in [6, 6.07) is 6.40. The molecular formula is C13H13N3S2. The Labute approximate surface area is 114 Å². The van der Waals surface area contributed by atoms with Gasteiger partial charge >= 0.3 is 0 Å². The zero-order valence-electron chi connectivity index (χ0n) is 10.2. The predicted octanol–water partition coefficient (Wildman–Crippen LogP) is 3.95. The molecule has 0 aliphatic heterocycles. The van der Waals surface area contributed by atoms with Crippen LogP contribution in [0.15, 0.2) is 27.9 Å². The van der Waals surface area contributed by atoms with Gasteiger partial charge in [0.25, 0.3) is 0 Å². The summed E-state index contributed by atoms with van der Waals surface area (Å²) < 4.78 is 0. The molecule has 0 aliphatic carbocycles. The molecule has 0 saturated carbocycles. The number of thiazole rings is 1. The Bertz CT molecular complexity index is 563. The molecular weight excluding hydrogens is 262 g/mol. The van der Waals surface area contributed by atoms with Crippen LogP contribution in [-0.2, 0) is 0 Å². The number of nitrogens with zero attached hydrogens (tertiary/aromatic N) is 3. The van der Waals surface area contributed by atoms with Crippen molar-refractivity contribution < 1.29 is 0 Å². The van der Waals surface area contributed by atoms with E-state index in [-0.39, 0.29) is 12.0 Å². The minimum Gasteiger partial charge on any atom is -0.287 e. The molecule has 0 N–H and O–H groups in total. The molecule has 2 heterocycles. The minimum atomic E-state index is -0.342. The number of thiophene rings is 1. The SMILES string of the molecule is Cc1csc([C@H](C#N)C=N[C@@H](C)c2cccs2)n1. The van der Waals surface area contributed by atoms with Crippen molar-refractivity contribution in [1.29, 1.82) is 5.26 Å². The molecule has 5 heteroatoms. The summed E-state index contributed by atoms with van der Waals surface area (Å²) in [7, 11) is 0. The maximum absolute atomic E-state index is 9.16. The molecule has 18 heavy (non-hydrogen) atoms. The van der Waals surface area contributed by atoms with Gasteiger partial charge in [-0.2, -0.15) is 5.26 Å². The lowest BCUT2D eigenvalue weighted by Crippen LogP contribution is -1.98. The molecule has 0 spiro atoms. The number of aromatic nitrogens is 1. The topological polar surface area (TPSA) is 49.0 Å². The Morgan fingerprint density at radius 1 is 1.50 bits per heavy atom. The second-order valence-electron chi connectivity index (χ2n) is 3.92. The average Bonchev–Trinajstić information content (AvgIpc) is 3.01. The van der Waals surface area contributed by atoms with Crippen molar-refractivity contribution in [1.82, 2.24) is 4.98 Å². The molecule has 0 amide bonds. The zero-order chi connectivity index (χ0) is 13.0. The van der Waals surface area contributed by atoms with Crippen LogP contribution in [0.4, 0.5) is 0 Å². The Morgan fingerprint density at radius 2 is 2.33 bits per heavy atom. The van der Waals surface area contributed by atoms with Crippen LogP contribution in [0, 0.1) is 18.3 Å². The van der Waals surface area contributed by atoms with E-state index in [0.717, 1.165) is 10.7 Å². The fourth-order valence-electron chi connectivity index (χ4n) is 1.48. The summed E-state index contributed by atoms with van der Waals surface area (Å²) in [5.41, 5.74) is 0.954. The van der Waals surface area contributed by atoms with Crippen molar-refractivity contribution in [2.24, 2.45) is 4.99 Å². The van der Waals surface area contributed by atoms with Gasteiger partial charge in [0.1, 0.15) is 10.9 Å². The Kier molecular flexibility index (Phi) is 4.24. The average molecular weight is 275 g/mol. The third-order valence-corrected chi connectivity index (χ3v) is 4.54. The van der Waals surface area contributed by atoms with Gasteiger partial charge in [-0.15, -0.1) is 22.7 Å². The molecule has 0 radical (unpaired) electrons.